The molecule has 108 valence electrons. The van der Waals surface area contributed by atoms with Gasteiger partial charge in [0.15, 0.2) is 0 Å². The molecule has 1 N–H and O–H groups in total. The zero-order chi connectivity index (χ0) is 14.9. The molecular weight excluding hydrogens is 316 g/mol. The average Bonchev–Trinajstić information content (AvgIpc) is 2.61. The van der Waals surface area contributed by atoms with E-state index < -0.39 is 6.10 Å². The Bertz CT molecular complexity index is 619. The maximum absolute atomic E-state index is 10.4. The smallest absolute Gasteiger partial charge is 0.0738 e. The fourth-order valence-corrected chi connectivity index (χ4v) is 2.97. The fraction of sp³-hybridized carbons (Fsp3) is 0.438. The zero-order valence-corrected chi connectivity index (χ0v) is 14.0. The van der Waals surface area contributed by atoms with Crippen LogP contribution in [-0.2, 0) is 19.9 Å². The number of aliphatic hydroxyl groups is 1. The fourth-order valence-electron chi connectivity index (χ4n) is 2.47. The van der Waals surface area contributed by atoms with E-state index in [0.29, 0.717) is 12.8 Å². The van der Waals surface area contributed by atoms with Crippen molar-refractivity contribution in [1.82, 2.24) is 9.78 Å². The molecule has 0 amide bonds. The van der Waals surface area contributed by atoms with Gasteiger partial charge in [-0.15, -0.1) is 0 Å². The summed E-state index contributed by atoms with van der Waals surface area (Å²) in [4.78, 5) is 0. The van der Waals surface area contributed by atoms with Crippen molar-refractivity contribution in [3.63, 3.8) is 0 Å². The van der Waals surface area contributed by atoms with E-state index in [4.69, 9.17) is 0 Å². The number of benzene rings is 1. The summed E-state index contributed by atoms with van der Waals surface area (Å²) in [5.74, 6) is 0. The van der Waals surface area contributed by atoms with Gasteiger partial charge in [-0.2, -0.15) is 5.10 Å². The maximum Gasteiger partial charge on any atom is 0.0738 e. The van der Waals surface area contributed by atoms with Crippen LogP contribution in [0.4, 0.5) is 0 Å². The van der Waals surface area contributed by atoms with E-state index in [1.54, 1.807) is 0 Å². The van der Waals surface area contributed by atoms with Crippen LogP contribution < -0.4 is 0 Å². The number of aliphatic hydroxyl groups excluding tert-OH is 1. The summed E-state index contributed by atoms with van der Waals surface area (Å²) in [5, 5.41) is 14.7. The second-order valence-corrected chi connectivity index (χ2v) is 6.25. The minimum absolute atomic E-state index is 0.401. The first-order valence-electron chi connectivity index (χ1n) is 6.80. The molecule has 0 saturated heterocycles. The predicted octanol–water partition coefficient (Wildman–Crippen LogP) is 3.25. The molecule has 0 aliphatic rings. The Morgan fingerprint density at radius 3 is 2.55 bits per heavy atom. The number of aromatic nitrogens is 2. The molecule has 4 heteroatoms. The third kappa shape index (κ3) is 3.30. The van der Waals surface area contributed by atoms with Gasteiger partial charge >= 0.3 is 0 Å². The van der Waals surface area contributed by atoms with Crippen molar-refractivity contribution in [3.8, 4) is 0 Å². The van der Waals surface area contributed by atoms with E-state index in [9.17, 15) is 5.11 Å². The van der Waals surface area contributed by atoms with Crippen molar-refractivity contribution in [2.45, 2.75) is 39.7 Å². The van der Waals surface area contributed by atoms with Gasteiger partial charge in [-0.1, -0.05) is 23.8 Å². The van der Waals surface area contributed by atoms with E-state index in [2.05, 4.69) is 53.1 Å². The molecule has 1 aromatic carbocycles. The Kier molecular flexibility index (Phi) is 4.66. The molecule has 0 spiro atoms. The monoisotopic (exact) mass is 336 g/mol. The lowest BCUT2D eigenvalue weighted by molar-refractivity contribution is 0.172. The molecule has 0 radical (unpaired) electrons. The van der Waals surface area contributed by atoms with Crippen LogP contribution in [0.5, 0.6) is 0 Å². The van der Waals surface area contributed by atoms with Gasteiger partial charge in [0.25, 0.3) is 0 Å². The number of hydrogen-bond acceptors (Lipinski definition) is 2. The standard InChI is InChI=1S/C16H21BrN2O/c1-10-5-6-11(2)13(7-10)8-14(20)9-15-16(17)12(3)18-19(15)4/h5-7,14,20H,8-9H2,1-4H3. The third-order valence-electron chi connectivity index (χ3n) is 3.65. The highest BCUT2D eigenvalue weighted by atomic mass is 79.9. The van der Waals surface area contributed by atoms with Gasteiger partial charge in [0.1, 0.15) is 0 Å². The van der Waals surface area contributed by atoms with Gasteiger partial charge in [-0.25, -0.2) is 0 Å². The number of halogens is 1. The molecule has 1 atom stereocenters. The van der Waals surface area contributed by atoms with Gasteiger partial charge in [-0.3, -0.25) is 4.68 Å². The molecule has 0 aliphatic heterocycles. The highest BCUT2D eigenvalue weighted by Crippen LogP contribution is 2.23. The van der Waals surface area contributed by atoms with E-state index in [-0.39, 0.29) is 0 Å². The SMILES string of the molecule is Cc1ccc(C)c(CC(O)Cc2c(Br)c(C)nn2C)c1. The summed E-state index contributed by atoms with van der Waals surface area (Å²) in [5.41, 5.74) is 5.68. The molecule has 20 heavy (non-hydrogen) atoms. The Morgan fingerprint density at radius 1 is 1.25 bits per heavy atom. The molecule has 1 heterocycles. The molecule has 0 saturated carbocycles. The summed E-state index contributed by atoms with van der Waals surface area (Å²) in [6, 6.07) is 6.37. The molecule has 2 aromatic rings. The highest BCUT2D eigenvalue weighted by molar-refractivity contribution is 9.10. The van der Waals surface area contributed by atoms with Gasteiger partial charge < -0.3 is 5.11 Å². The summed E-state index contributed by atoms with van der Waals surface area (Å²) >= 11 is 3.55. The number of nitrogens with zero attached hydrogens (tertiary/aromatic N) is 2. The van der Waals surface area contributed by atoms with Crippen molar-refractivity contribution >= 4 is 15.9 Å². The van der Waals surface area contributed by atoms with Crippen molar-refractivity contribution in [2.24, 2.45) is 7.05 Å². The van der Waals surface area contributed by atoms with Gasteiger partial charge in [-0.05, 0) is 54.2 Å². The molecule has 0 bridgehead atoms. The van der Waals surface area contributed by atoms with Crippen molar-refractivity contribution in [1.29, 1.82) is 0 Å². The van der Waals surface area contributed by atoms with Crippen LogP contribution >= 0.6 is 15.9 Å². The largest absolute Gasteiger partial charge is 0.392 e. The molecule has 1 unspecified atom stereocenters. The maximum atomic E-state index is 10.4. The van der Waals surface area contributed by atoms with E-state index in [1.165, 1.54) is 16.7 Å². The van der Waals surface area contributed by atoms with Crippen LogP contribution in [0.1, 0.15) is 28.1 Å². The Hall–Kier alpha value is -1.13. The van der Waals surface area contributed by atoms with E-state index in [1.807, 2.05) is 18.7 Å². The van der Waals surface area contributed by atoms with Crippen LogP contribution in [0.3, 0.4) is 0 Å². The topological polar surface area (TPSA) is 38.1 Å². The zero-order valence-electron chi connectivity index (χ0n) is 12.4. The van der Waals surface area contributed by atoms with E-state index in [0.717, 1.165) is 15.9 Å². The first kappa shape index (κ1) is 15.3. The molecule has 0 fully saturated rings. The number of rotatable bonds is 4. The average molecular weight is 337 g/mol. The summed E-state index contributed by atoms with van der Waals surface area (Å²) in [6.45, 7) is 6.13. The van der Waals surface area contributed by atoms with Crippen LogP contribution in [0.2, 0.25) is 0 Å². The van der Waals surface area contributed by atoms with Crippen LogP contribution in [0.15, 0.2) is 22.7 Å². The minimum Gasteiger partial charge on any atom is -0.392 e. The summed E-state index contributed by atoms with van der Waals surface area (Å²) in [6.07, 6.45) is 0.872. The third-order valence-corrected chi connectivity index (χ3v) is 4.68. The number of aryl methyl sites for hydroxylation is 4. The molecule has 1 aromatic heterocycles. The Morgan fingerprint density at radius 2 is 1.95 bits per heavy atom. The second-order valence-electron chi connectivity index (χ2n) is 5.46. The van der Waals surface area contributed by atoms with Gasteiger partial charge in [0, 0.05) is 13.5 Å². The minimum atomic E-state index is -0.401. The molecule has 0 aliphatic carbocycles. The first-order chi connectivity index (χ1) is 9.38. The quantitative estimate of drug-likeness (QED) is 0.930. The Balaban J connectivity index is 2.13. The van der Waals surface area contributed by atoms with Crippen molar-refractivity contribution in [2.75, 3.05) is 0 Å². The second kappa shape index (κ2) is 6.10. The summed E-state index contributed by atoms with van der Waals surface area (Å²) in [7, 11) is 1.91. The predicted molar refractivity (Wildman–Crippen MR) is 85.0 cm³/mol. The Labute approximate surface area is 128 Å². The van der Waals surface area contributed by atoms with Crippen molar-refractivity contribution < 1.29 is 5.11 Å². The van der Waals surface area contributed by atoms with Gasteiger partial charge in [0.05, 0.1) is 22.0 Å². The lowest BCUT2D eigenvalue weighted by atomic mass is 9.98. The van der Waals surface area contributed by atoms with Crippen LogP contribution in [-0.4, -0.2) is 21.0 Å². The highest BCUT2D eigenvalue weighted by Gasteiger charge is 2.16. The van der Waals surface area contributed by atoms with Crippen molar-refractivity contribution in [3.05, 3.63) is 50.8 Å². The molecular formula is C16H21BrN2O. The lowest BCUT2D eigenvalue weighted by Crippen LogP contribution is -2.17. The molecule has 3 nitrogen and oxygen atoms in total. The van der Waals surface area contributed by atoms with E-state index >= 15 is 0 Å². The van der Waals surface area contributed by atoms with Crippen LogP contribution in [0.25, 0.3) is 0 Å². The van der Waals surface area contributed by atoms with Crippen LogP contribution in [0, 0.1) is 20.8 Å². The first-order valence-corrected chi connectivity index (χ1v) is 7.60. The lowest BCUT2D eigenvalue weighted by Gasteiger charge is -2.14. The normalized spacial score (nSPS) is 12.7. The number of hydrogen-bond donors (Lipinski definition) is 1. The summed E-state index contributed by atoms with van der Waals surface area (Å²) < 4.78 is 2.84. The van der Waals surface area contributed by atoms with Gasteiger partial charge in [0.2, 0.25) is 0 Å². The molecule has 2 rings (SSSR count).